The second-order valence-corrected chi connectivity index (χ2v) is 3.81. The van der Waals surface area contributed by atoms with Crippen molar-refractivity contribution in [3.8, 4) is 0 Å². The fraction of sp³-hybridized carbons (Fsp3) is 0.750. The normalized spacial score (nSPS) is 9.80. The van der Waals surface area contributed by atoms with Gasteiger partial charge in [0.2, 0.25) is 0 Å². The van der Waals surface area contributed by atoms with Crippen molar-refractivity contribution < 1.29 is 26.9 Å². The third-order valence-corrected chi connectivity index (χ3v) is 1.12. The predicted octanol–water partition coefficient (Wildman–Crippen LogP) is -5.13. The standard InChI is InChI=1S/C8H18N4O2.ClH/c1-8(2,3)14-7(13)12-5-4-11-6(9)10;/h4-5H2,1-3H3,(H,12,13)(H4,9,10,11);1H. The van der Waals surface area contributed by atoms with E-state index in [4.69, 9.17) is 16.2 Å². The summed E-state index contributed by atoms with van der Waals surface area (Å²) in [7, 11) is 0. The molecular weight excluding hydrogens is 220 g/mol. The van der Waals surface area contributed by atoms with Gasteiger partial charge in [0.15, 0.2) is 0 Å². The van der Waals surface area contributed by atoms with Crippen LogP contribution in [0.5, 0.6) is 0 Å². The third-order valence-electron chi connectivity index (χ3n) is 1.12. The summed E-state index contributed by atoms with van der Waals surface area (Å²) in [6.45, 7) is 6.29. The van der Waals surface area contributed by atoms with E-state index in [1.807, 2.05) is 0 Å². The van der Waals surface area contributed by atoms with E-state index in [0.717, 1.165) is 0 Å². The molecule has 90 valence electrons. The van der Waals surface area contributed by atoms with Gasteiger partial charge in [-0.2, -0.15) is 0 Å². The molecule has 0 aromatic carbocycles. The molecule has 15 heavy (non-hydrogen) atoms. The zero-order valence-corrected chi connectivity index (χ0v) is 10.0. The van der Waals surface area contributed by atoms with Crippen LogP contribution in [-0.2, 0) is 4.74 Å². The number of rotatable bonds is 3. The molecule has 0 aromatic rings. The molecule has 0 heterocycles. The van der Waals surface area contributed by atoms with Gasteiger partial charge in [0.05, 0.1) is 13.1 Å². The fourth-order valence-corrected chi connectivity index (χ4v) is 0.686. The van der Waals surface area contributed by atoms with Gasteiger partial charge in [0.25, 0.3) is 0 Å². The van der Waals surface area contributed by atoms with Crippen molar-refractivity contribution in [1.29, 1.82) is 0 Å². The highest BCUT2D eigenvalue weighted by atomic mass is 35.5. The van der Waals surface area contributed by atoms with Crippen LogP contribution < -0.4 is 34.2 Å². The minimum atomic E-state index is -0.476. The summed E-state index contributed by atoms with van der Waals surface area (Å²) in [5.74, 6) is 0.135. The SMILES string of the molecule is CC(C)(C)OC(=O)NCC[NH+]=C(N)N.[Cl-]. The van der Waals surface area contributed by atoms with Crippen molar-refractivity contribution in [1.82, 2.24) is 5.32 Å². The molecule has 6 N–H and O–H groups in total. The lowest BCUT2D eigenvalue weighted by Crippen LogP contribution is -3.00. The molecule has 0 fully saturated rings. The van der Waals surface area contributed by atoms with Gasteiger partial charge in [-0.15, -0.1) is 0 Å². The Hall–Kier alpha value is -1.17. The molecule has 0 saturated carbocycles. The molecule has 0 aliphatic heterocycles. The smallest absolute Gasteiger partial charge is 0.407 e. The molecule has 0 unspecified atom stereocenters. The van der Waals surface area contributed by atoms with E-state index in [-0.39, 0.29) is 18.4 Å². The van der Waals surface area contributed by atoms with Crippen LogP contribution in [0.4, 0.5) is 4.79 Å². The first-order valence-electron chi connectivity index (χ1n) is 4.40. The van der Waals surface area contributed by atoms with Crippen LogP contribution in [-0.4, -0.2) is 30.7 Å². The van der Waals surface area contributed by atoms with E-state index in [1.54, 1.807) is 20.8 Å². The van der Waals surface area contributed by atoms with E-state index in [0.29, 0.717) is 13.1 Å². The average molecular weight is 239 g/mol. The first-order chi connectivity index (χ1) is 6.31. The average Bonchev–Trinajstić information content (AvgIpc) is 1.94. The van der Waals surface area contributed by atoms with Gasteiger partial charge in [-0.05, 0) is 20.8 Å². The van der Waals surface area contributed by atoms with Crippen LogP contribution in [0, 0.1) is 0 Å². The number of ether oxygens (including phenoxy) is 1. The first-order valence-corrected chi connectivity index (χ1v) is 4.40. The summed E-state index contributed by atoms with van der Waals surface area (Å²) < 4.78 is 5.00. The van der Waals surface area contributed by atoms with Gasteiger partial charge < -0.3 is 22.5 Å². The van der Waals surface area contributed by atoms with Crippen LogP contribution in [0.2, 0.25) is 0 Å². The summed E-state index contributed by atoms with van der Waals surface area (Å²) in [5, 5.41) is 2.55. The number of hydrogen-bond donors (Lipinski definition) is 4. The number of hydrogen-bond acceptors (Lipinski definition) is 2. The number of alkyl carbamates (subject to hydrolysis) is 1. The topological polar surface area (TPSA) is 104 Å². The highest BCUT2D eigenvalue weighted by Gasteiger charge is 2.15. The molecule has 0 radical (unpaired) electrons. The van der Waals surface area contributed by atoms with Gasteiger partial charge >= 0.3 is 12.1 Å². The Morgan fingerprint density at radius 3 is 2.33 bits per heavy atom. The molecule has 0 atom stereocenters. The van der Waals surface area contributed by atoms with Crippen molar-refractivity contribution >= 4 is 12.1 Å². The zero-order chi connectivity index (χ0) is 11.2. The van der Waals surface area contributed by atoms with Gasteiger partial charge in [-0.3, -0.25) is 16.5 Å². The van der Waals surface area contributed by atoms with E-state index >= 15 is 0 Å². The molecule has 1 amide bonds. The Balaban J connectivity index is 0. The molecule has 0 spiro atoms. The number of amides is 1. The van der Waals surface area contributed by atoms with Gasteiger partial charge in [0, 0.05) is 0 Å². The number of nitrogens with two attached hydrogens (primary N) is 2. The first kappa shape index (κ1) is 16.3. The number of nitrogens with one attached hydrogen (secondary N) is 2. The van der Waals surface area contributed by atoms with E-state index in [2.05, 4.69) is 10.3 Å². The van der Waals surface area contributed by atoms with Crippen molar-refractivity contribution in [2.75, 3.05) is 13.1 Å². The Morgan fingerprint density at radius 2 is 1.93 bits per heavy atom. The van der Waals surface area contributed by atoms with Gasteiger partial charge in [-0.25, -0.2) is 4.79 Å². The summed E-state index contributed by atoms with van der Waals surface area (Å²) >= 11 is 0. The second-order valence-electron chi connectivity index (χ2n) is 3.81. The maximum absolute atomic E-state index is 11.1. The molecule has 0 bridgehead atoms. The molecule has 0 aliphatic rings. The lowest BCUT2D eigenvalue weighted by atomic mass is 10.2. The molecule has 7 heteroatoms. The number of halogens is 1. The molecule has 6 nitrogen and oxygen atoms in total. The fourth-order valence-electron chi connectivity index (χ4n) is 0.686. The number of carbonyl (C=O) groups excluding carboxylic acids is 1. The molecule has 0 aromatic heterocycles. The van der Waals surface area contributed by atoms with Crippen molar-refractivity contribution in [2.24, 2.45) is 11.5 Å². The molecule has 0 aliphatic carbocycles. The van der Waals surface area contributed by atoms with Crippen LogP contribution in [0.25, 0.3) is 0 Å². The van der Waals surface area contributed by atoms with Crippen LogP contribution in [0.3, 0.4) is 0 Å². The largest absolute Gasteiger partial charge is 1.00 e. The van der Waals surface area contributed by atoms with E-state index in [1.165, 1.54) is 0 Å². The van der Waals surface area contributed by atoms with Crippen LogP contribution in [0.15, 0.2) is 0 Å². The Bertz CT molecular complexity index is 221. The number of guanidine groups is 1. The van der Waals surface area contributed by atoms with Gasteiger partial charge in [0.1, 0.15) is 5.60 Å². The minimum absolute atomic E-state index is 0. The lowest BCUT2D eigenvalue weighted by molar-refractivity contribution is -0.456. The molecular formula is C8H19ClN4O2. The van der Waals surface area contributed by atoms with Crippen molar-refractivity contribution in [3.63, 3.8) is 0 Å². The highest BCUT2D eigenvalue weighted by molar-refractivity contribution is 5.69. The maximum Gasteiger partial charge on any atom is 0.407 e. The molecule has 0 saturated heterocycles. The monoisotopic (exact) mass is 238 g/mol. The van der Waals surface area contributed by atoms with Crippen molar-refractivity contribution in [2.45, 2.75) is 26.4 Å². The Morgan fingerprint density at radius 1 is 1.40 bits per heavy atom. The Kier molecular flexibility index (Phi) is 7.77. The predicted molar refractivity (Wildman–Crippen MR) is 53.4 cm³/mol. The zero-order valence-electron chi connectivity index (χ0n) is 9.26. The third kappa shape index (κ3) is 12.8. The summed E-state index contributed by atoms with van der Waals surface area (Å²) in [6.07, 6.45) is -0.449. The summed E-state index contributed by atoms with van der Waals surface area (Å²) in [5.41, 5.74) is 9.83. The summed E-state index contributed by atoms with van der Waals surface area (Å²) in [4.78, 5) is 13.7. The number of carbonyl (C=O) groups is 1. The van der Waals surface area contributed by atoms with E-state index < -0.39 is 11.7 Å². The quantitative estimate of drug-likeness (QED) is 0.224. The highest BCUT2D eigenvalue weighted by Crippen LogP contribution is 2.05. The minimum Gasteiger partial charge on any atom is -1.00 e. The Labute approximate surface area is 95.8 Å². The van der Waals surface area contributed by atoms with Crippen molar-refractivity contribution in [3.05, 3.63) is 0 Å². The summed E-state index contributed by atoms with van der Waals surface area (Å²) in [6, 6.07) is 0. The lowest BCUT2D eigenvalue weighted by Gasteiger charge is -2.19. The van der Waals surface area contributed by atoms with E-state index in [9.17, 15) is 4.79 Å². The molecule has 0 rings (SSSR count). The maximum atomic E-state index is 11.1. The second kappa shape index (κ2) is 7.17. The van der Waals surface area contributed by atoms with Crippen LogP contribution >= 0.6 is 0 Å². The van der Waals surface area contributed by atoms with Gasteiger partial charge in [-0.1, -0.05) is 0 Å². The van der Waals surface area contributed by atoms with Crippen LogP contribution in [0.1, 0.15) is 20.8 Å².